The van der Waals surface area contributed by atoms with E-state index in [1.165, 1.54) is 0 Å². The Morgan fingerprint density at radius 3 is 3.04 bits per heavy atom. The van der Waals surface area contributed by atoms with Gasteiger partial charge in [0.25, 0.3) is 0 Å². The number of nitrogens with zero attached hydrogens (tertiary/aromatic N) is 3. The first-order valence-electron chi connectivity index (χ1n) is 9.92. The van der Waals surface area contributed by atoms with E-state index in [2.05, 4.69) is 32.4 Å². The third kappa shape index (κ3) is 5.58. The van der Waals surface area contributed by atoms with Crippen LogP contribution in [0.3, 0.4) is 0 Å². The van der Waals surface area contributed by atoms with Gasteiger partial charge in [-0.25, -0.2) is 9.97 Å². The number of carbonyl (C=O) groups excluding carboxylic acids is 1. The van der Waals surface area contributed by atoms with Gasteiger partial charge in [-0.3, -0.25) is 4.79 Å². The van der Waals surface area contributed by atoms with Crippen molar-refractivity contribution < 1.29 is 9.53 Å². The minimum absolute atomic E-state index is 0.0434. The zero-order valence-electron chi connectivity index (χ0n) is 16.6. The van der Waals surface area contributed by atoms with Gasteiger partial charge in [-0.1, -0.05) is 6.07 Å². The second kappa shape index (κ2) is 9.92. The van der Waals surface area contributed by atoms with Crippen LogP contribution in [0.2, 0.25) is 0 Å². The van der Waals surface area contributed by atoms with Crippen molar-refractivity contribution in [2.24, 2.45) is 5.92 Å². The summed E-state index contributed by atoms with van der Waals surface area (Å²) < 4.78 is 5.20. The summed E-state index contributed by atoms with van der Waals surface area (Å²) in [6, 6.07) is 9.44. The fraction of sp³-hybridized carbons (Fsp3) is 0.476. The number of hydrogen-bond donors (Lipinski definition) is 2. The smallest absolute Gasteiger partial charge is 0.224 e. The largest absolute Gasteiger partial charge is 0.497 e. The van der Waals surface area contributed by atoms with Gasteiger partial charge in [0.15, 0.2) is 0 Å². The van der Waals surface area contributed by atoms with E-state index in [0.717, 1.165) is 62.0 Å². The summed E-state index contributed by atoms with van der Waals surface area (Å²) in [5.41, 5.74) is 0.770. The van der Waals surface area contributed by atoms with Gasteiger partial charge in [-0.05, 0) is 44.2 Å². The standard InChI is InChI=1S/C21H29N5O2/c1-3-22-19-13-20(24-15-23-19)26-11-5-6-16(14-26)9-10-21(27)25-17-7-4-8-18(12-17)28-2/h4,7-8,12-13,15-16H,3,5-6,9-11,14H2,1-2H3,(H,25,27)(H,22,23,24)/t16-/m1/s1. The first-order valence-corrected chi connectivity index (χ1v) is 9.92. The van der Waals surface area contributed by atoms with E-state index in [-0.39, 0.29) is 5.91 Å². The molecule has 1 fully saturated rings. The minimum Gasteiger partial charge on any atom is -0.497 e. The van der Waals surface area contributed by atoms with Crippen molar-refractivity contribution in [2.45, 2.75) is 32.6 Å². The second-order valence-electron chi connectivity index (χ2n) is 7.06. The number of nitrogens with one attached hydrogen (secondary N) is 2. The highest BCUT2D eigenvalue weighted by Crippen LogP contribution is 2.26. The number of amides is 1. The lowest BCUT2D eigenvalue weighted by molar-refractivity contribution is -0.116. The number of ether oxygens (including phenoxy) is 1. The Morgan fingerprint density at radius 1 is 1.32 bits per heavy atom. The molecule has 1 saturated heterocycles. The maximum atomic E-state index is 12.3. The number of rotatable bonds is 8. The van der Waals surface area contributed by atoms with Crippen LogP contribution in [0.25, 0.3) is 0 Å². The van der Waals surface area contributed by atoms with Crippen molar-refractivity contribution in [1.29, 1.82) is 0 Å². The molecule has 0 spiro atoms. The van der Waals surface area contributed by atoms with E-state index in [4.69, 9.17) is 4.74 Å². The van der Waals surface area contributed by atoms with Crippen molar-refractivity contribution in [3.05, 3.63) is 36.7 Å². The summed E-state index contributed by atoms with van der Waals surface area (Å²) in [6.45, 7) is 4.81. The van der Waals surface area contributed by atoms with E-state index in [9.17, 15) is 4.79 Å². The molecule has 0 saturated carbocycles. The Labute approximate surface area is 166 Å². The molecule has 1 aliphatic heterocycles. The van der Waals surface area contributed by atoms with Gasteiger partial charge in [0.2, 0.25) is 5.91 Å². The predicted molar refractivity (Wildman–Crippen MR) is 112 cm³/mol. The molecule has 2 heterocycles. The fourth-order valence-electron chi connectivity index (χ4n) is 3.57. The highest BCUT2D eigenvalue weighted by atomic mass is 16.5. The number of carbonyl (C=O) groups is 1. The molecule has 7 nitrogen and oxygen atoms in total. The average Bonchev–Trinajstić information content (AvgIpc) is 2.73. The molecule has 0 radical (unpaired) electrons. The third-order valence-corrected chi connectivity index (χ3v) is 4.99. The first-order chi connectivity index (χ1) is 13.7. The summed E-state index contributed by atoms with van der Waals surface area (Å²) in [6.07, 6.45) is 5.26. The van der Waals surface area contributed by atoms with Crippen molar-refractivity contribution >= 4 is 23.2 Å². The van der Waals surface area contributed by atoms with Crippen LogP contribution >= 0.6 is 0 Å². The number of piperidine rings is 1. The van der Waals surface area contributed by atoms with Crippen LogP contribution < -0.4 is 20.3 Å². The molecule has 150 valence electrons. The molecule has 0 bridgehead atoms. The van der Waals surface area contributed by atoms with Crippen LogP contribution in [0.1, 0.15) is 32.6 Å². The van der Waals surface area contributed by atoms with Crippen LogP contribution in [-0.4, -0.2) is 42.6 Å². The molecule has 1 atom stereocenters. The summed E-state index contributed by atoms with van der Waals surface area (Å²) >= 11 is 0. The van der Waals surface area contributed by atoms with Crippen molar-refractivity contribution in [2.75, 3.05) is 42.3 Å². The van der Waals surface area contributed by atoms with E-state index in [1.807, 2.05) is 30.3 Å². The van der Waals surface area contributed by atoms with E-state index in [0.29, 0.717) is 12.3 Å². The van der Waals surface area contributed by atoms with Gasteiger partial charge in [0.05, 0.1) is 7.11 Å². The van der Waals surface area contributed by atoms with Gasteiger partial charge < -0.3 is 20.3 Å². The Bertz CT molecular complexity index is 783. The van der Waals surface area contributed by atoms with Gasteiger partial charge in [-0.2, -0.15) is 0 Å². The fourth-order valence-corrected chi connectivity index (χ4v) is 3.57. The number of methoxy groups -OCH3 is 1. The number of aromatic nitrogens is 2. The summed E-state index contributed by atoms with van der Waals surface area (Å²) in [5, 5.41) is 6.19. The molecule has 7 heteroatoms. The molecule has 1 aromatic carbocycles. The monoisotopic (exact) mass is 383 g/mol. The molecule has 1 aliphatic rings. The Morgan fingerprint density at radius 2 is 2.21 bits per heavy atom. The lowest BCUT2D eigenvalue weighted by atomic mass is 9.93. The lowest BCUT2D eigenvalue weighted by Gasteiger charge is -2.33. The molecule has 28 heavy (non-hydrogen) atoms. The summed E-state index contributed by atoms with van der Waals surface area (Å²) in [7, 11) is 1.62. The van der Waals surface area contributed by atoms with Crippen molar-refractivity contribution in [3.63, 3.8) is 0 Å². The van der Waals surface area contributed by atoms with Crippen LogP contribution in [-0.2, 0) is 4.79 Å². The van der Waals surface area contributed by atoms with Gasteiger partial charge in [0.1, 0.15) is 23.7 Å². The predicted octanol–water partition coefficient (Wildman–Crippen LogP) is 3.55. The van der Waals surface area contributed by atoms with Gasteiger partial charge >= 0.3 is 0 Å². The molecule has 2 N–H and O–H groups in total. The molecular weight excluding hydrogens is 354 g/mol. The topological polar surface area (TPSA) is 79.4 Å². The Balaban J connectivity index is 1.50. The maximum absolute atomic E-state index is 12.3. The van der Waals surface area contributed by atoms with Gasteiger partial charge in [-0.15, -0.1) is 0 Å². The lowest BCUT2D eigenvalue weighted by Crippen LogP contribution is -2.36. The molecule has 2 aromatic rings. The first kappa shape index (κ1) is 19.9. The number of anilines is 3. The van der Waals surface area contributed by atoms with Crippen molar-refractivity contribution in [1.82, 2.24) is 9.97 Å². The highest BCUT2D eigenvalue weighted by Gasteiger charge is 2.22. The van der Waals surface area contributed by atoms with E-state index < -0.39 is 0 Å². The summed E-state index contributed by atoms with van der Waals surface area (Å²) in [5.74, 6) is 3.08. The van der Waals surface area contributed by atoms with Crippen LogP contribution in [0.15, 0.2) is 36.7 Å². The number of benzene rings is 1. The normalized spacial score (nSPS) is 16.5. The average molecular weight is 383 g/mol. The van der Waals surface area contributed by atoms with Gasteiger partial charge in [0, 0.05) is 43.9 Å². The van der Waals surface area contributed by atoms with Crippen molar-refractivity contribution in [3.8, 4) is 5.75 Å². The maximum Gasteiger partial charge on any atom is 0.224 e. The van der Waals surface area contributed by atoms with E-state index in [1.54, 1.807) is 13.4 Å². The molecule has 1 amide bonds. The molecular formula is C21H29N5O2. The zero-order chi connectivity index (χ0) is 19.8. The minimum atomic E-state index is 0.0434. The molecule has 0 aliphatic carbocycles. The highest BCUT2D eigenvalue weighted by molar-refractivity contribution is 5.90. The molecule has 3 rings (SSSR count). The summed E-state index contributed by atoms with van der Waals surface area (Å²) in [4.78, 5) is 23.3. The molecule has 0 unspecified atom stereocenters. The Hall–Kier alpha value is -2.83. The van der Waals surface area contributed by atoms with Crippen LogP contribution in [0.5, 0.6) is 5.75 Å². The quantitative estimate of drug-likeness (QED) is 0.726. The zero-order valence-corrected chi connectivity index (χ0v) is 16.6. The molecule has 1 aromatic heterocycles. The van der Waals surface area contributed by atoms with Crippen LogP contribution in [0, 0.1) is 5.92 Å². The number of hydrogen-bond acceptors (Lipinski definition) is 6. The Kier molecular flexibility index (Phi) is 7.06. The second-order valence-corrected chi connectivity index (χ2v) is 7.06. The third-order valence-electron chi connectivity index (χ3n) is 4.99. The van der Waals surface area contributed by atoms with E-state index >= 15 is 0 Å². The SMILES string of the molecule is CCNc1cc(N2CCC[C@H](CCC(=O)Nc3cccc(OC)c3)C2)ncn1. The van der Waals surface area contributed by atoms with Crippen LogP contribution in [0.4, 0.5) is 17.3 Å².